The van der Waals surface area contributed by atoms with Crippen molar-refractivity contribution in [3.8, 4) is 17.2 Å². The average molecular weight is 635 g/mol. The van der Waals surface area contributed by atoms with Gasteiger partial charge in [-0.05, 0) is 69.7 Å². The molecule has 2 amide bonds. The van der Waals surface area contributed by atoms with Crippen molar-refractivity contribution in [3.63, 3.8) is 0 Å². The Bertz CT molecular complexity index is 1580. The Labute approximate surface area is 235 Å². The molecule has 3 aromatic carbocycles. The van der Waals surface area contributed by atoms with E-state index in [0.717, 1.165) is 34.9 Å². The molecule has 0 aliphatic carbocycles. The highest BCUT2D eigenvalue weighted by Gasteiger charge is 2.35. The van der Waals surface area contributed by atoms with E-state index in [1.807, 2.05) is 18.2 Å². The standard InChI is InChI=1S/C25H19BrN2O9S2/c1-35-21-13-16(12-20(26)23(21)37-39(33,34)19-9-5-6-17(15-19)28(31)32)14-22-24(29)27(25(30)38-22)10-11-36-18-7-3-2-4-8-18/h2-9,12-15H,10-11H2,1H3/b22-14-. The molecule has 0 aromatic heterocycles. The van der Waals surface area contributed by atoms with Crippen LogP contribution in [0.3, 0.4) is 0 Å². The number of benzene rings is 3. The first-order valence-electron chi connectivity index (χ1n) is 11.1. The molecule has 0 saturated carbocycles. The molecule has 39 heavy (non-hydrogen) atoms. The van der Waals surface area contributed by atoms with Crippen LogP contribution in [-0.4, -0.2) is 49.6 Å². The third kappa shape index (κ3) is 6.58. The summed E-state index contributed by atoms with van der Waals surface area (Å²) in [5.74, 6) is -0.0791. The van der Waals surface area contributed by atoms with Crippen molar-refractivity contribution in [1.29, 1.82) is 0 Å². The van der Waals surface area contributed by atoms with Gasteiger partial charge in [0.05, 0.1) is 28.0 Å². The van der Waals surface area contributed by atoms with Crippen molar-refractivity contribution in [3.05, 3.63) is 91.8 Å². The van der Waals surface area contributed by atoms with E-state index in [1.165, 1.54) is 31.4 Å². The summed E-state index contributed by atoms with van der Waals surface area (Å²) in [5, 5.41) is 10.6. The minimum absolute atomic E-state index is 0.000112. The summed E-state index contributed by atoms with van der Waals surface area (Å²) in [7, 11) is -3.17. The van der Waals surface area contributed by atoms with Crippen molar-refractivity contribution >= 4 is 60.7 Å². The van der Waals surface area contributed by atoms with Crippen molar-refractivity contribution < 1.29 is 36.6 Å². The summed E-state index contributed by atoms with van der Waals surface area (Å²) in [6.45, 7) is 0.186. The van der Waals surface area contributed by atoms with E-state index >= 15 is 0 Å². The number of carbonyl (C=O) groups excluding carboxylic acids is 2. The molecule has 3 aromatic rings. The first-order chi connectivity index (χ1) is 18.6. The number of non-ortho nitro benzene ring substituents is 1. The van der Waals surface area contributed by atoms with Gasteiger partial charge in [0.1, 0.15) is 17.3 Å². The third-order valence-electron chi connectivity index (χ3n) is 5.26. The molecule has 0 radical (unpaired) electrons. The molecule has 14 heteroatoms. The lowest BCUT2D eigenvalue weighted by Crippen LogP contribution is -2.32. The largest absolute Gasteiger partial charge is 0.493 e. The number of carbonyl (C=O) groups is 2. The van der Waals surface area contributed by atoms with Crippen molar-refractivity contribution in [1.82, 2.24) is 4.90 Å². The summed E-state index contributed by atoms with van der Waals surface area (Å²) in [6, 6.07) is 16.3. The first kappa shape index (κ1) is 28.1. The van der Waals surface area contributed by atoms with Gasteiger partial charge < -0.3 is 13.7 Å². The van der Waals surface area contributed by atoms with Crippen LogP contribution in [-0.2, 0) is 14.9 Å². The Balaban J connectivity index is 1.52. The monoisotopic (exact) mass is 634 g/mol. The van der Waals surface area contributed by atoms with Gasteiger partial charge >= 0.3 is 10.1 Å². The molecule has 1 fully saturated rings. The van der Waals surface area contributed by atoms with Gasteiger partial charge in [-0.25, -0.2) is 0 Å². The van der Waals surface area contributed by atoms with Crippen LogP contribution in [0, 0.1) is 10.1 Å². The molecule has 1 aliphatic rings. The molecule has 4 rings (SSSR count). The third-order valence-corrected chi connectivity index (χ3v) is 7.97. The second-order valence-corrected chi connectivity index (χ2v) is 11.2. The molecular weight excluding hydrogens is 616 g/mol. The van der Waals surface area contributed by atoms with E-state index in [2.05, 4.69) is 15.9 Å². The van der Waals surface area contributed by atoms with Crippen molar-refractivity contribution in [2.24, 2.45) is 0 Å². The topological polar surface area (TPSA) is 142 Å². The normalized spacial score (nSPS) is 14.5. The van der Waals surface area contributed by atoms with Gasteiger partial charge in [-0.15, -0.1) is 0 Å². The Morgan fingerprint density at radius 1 is 1.08 bits per heavy atom. The highest BCUT2D eigenvalue weighted by atomic mass is 79.9. The molecule has 0 N–H and O–H groups in total. The first-order valence-corrected chi connectivity index (χ1v) is 14.1. The SMILES string of the molecule is COc1cc(/C=C2\SC(=O)N(CCOc3ccccc3)C2=O)cc(Br)c1OS(=O)(=O)c1cccc([N+](=O)[O-])c1. The summed E-state index contributed by atoms with van der Waals surface area (Å²) in [5.41, 5.74) is 0.00601. The van der Waals surface area contributed by atoms with Crippen LogP contribution in [0.25, 0.3) is 6.08 Å². The highest BCUT2D eigenvalue weighted by Crippen LogP contribution is 2.40. The lowest BCUT2D eigenvalue weighted by atomic mass is 10.2. The number of amides is 2. The van der Waals surface area contributed by atoms with Crippen LogP contribution in [0.5, 0.6) is 17.2 Å². The van der Waals surface area contributed by atoms with Crippen molar-refractivity contribution in [2.75, 3.05) is 20.3 Å². The summed E-state index contributed by atoms with van der Waals surface area (Å²) < 4.78 is 41.9. The van der Waals surface area contributed by atoms with E-state index in [4.69, 9.17) is 13.7 Å². The summed E-state index contributed by atoms with van der Waals surface area (Å²) in [4.78, 5) is 36.4. The zero-order valence-electron chi connectivity index (χ0n) is 20.1. The minimum atomic E-state index is -4.46. The molecule has 0 atom stereocenters. The Morgan fingerprint density at radius 2 is 1.82 bits per heavy atom. The fraction of sp³-hybridized carbons (Fsp3) is 0.120. The number of nitro groups is 1. The van der Waals surface area contributed by atoms with E-state index in [1.54, 1.807) is 12.1 Å². The molecule has 0 unspecified atom stereocenters. The fourth-order valence-corrected chi connectivity index (χ4v) is 5.94. The maximum atomic E-state index is 12.9. The smallest absolute Gasteiger partial charge is 0.339 e. The molecule has 11 nitrogen and oxygen atoms in total. The van der Waals surface area contributed by atoms with Crippen LogP contribution in [0.2, 0.25) is 0 Å². The van der Waals surface area contributed by atoms with Gasteiger partial charge in [0.25, 0.3) is 16.8 Å². The predicted octanol–water partition coefficient (Wildman–Crippen LogP) is 5.25. The lowest BCUT2D eigenvalue weighted by Gasteiger charge is -2.14. The Hall–Kier alpha value is -3.88. The summed E-state index contributed by atoms with van der Waals surface area (Å²) >= 11 is 4.02. The van der Waals surface area contributed by atoms with E-state index in [0.29, 0.717) is 11.3 Å². The maximum Gasteiger partial charge on any atom is 0.339 e. The lowest BCUT2D eigenvalue weighted by molar-refractivity contribution is -0.385. The molecule has 1 heterocycles. The highest BCUT2D eigenvalue weighted by molar-refractivity contribution is 9.10. The number of thioether (sulfide) groups is 1. The predicted molar refractivity (Wildman–Crippen MR) is 146 cm³/mol. The molecule has 0 bridgehead atoms. The van der Waals surface area contributed by atoms with E-state index in [-0.39, 0.29) is 34.0 Å². The second-order valence-electron chi connectivity index (χ2n) is 7.82. The van der Waals surface area contributed by atoms with E-state index in [9.17, 15) is 28.1 Å². The zero-order valence-corrected chi connectivity index (χ0v) is 23.3. The summed E-state index contributed by atoms with van der Waals surface area (Å²) in [6.07, 6.45) is 1.47. The van der Waals surface area contributed by atoms with Crippen LogP contribution in [0.4, 0.5) is 10.5 Å². The van der Waals surface area contributed by atoms with Gasteiger partial charge in [-0.1, -0.05) is 24.3 Å². The number of para-hydroxylation sites is 1. The number of imide groups is 1. The number of halogens is 1. The van der Waals surface area contributed by atoms with Crippen LogP contribution in [0.1, 0.15) is 5.56 Å². The zero-order chi connectivity index (χ0) is 28.2. The molecule has 1 saturated heterocycles. The Kier molecular flexibility index (Phi) is 8.57. The maximum absolute atomic E-state index is 12.9. The van der Waals surface area contributed by atoms with Gasteiger partial charge in [0, 0.05) is 12.1 Å². The van der Waals surface area contributed by atoms with Crippen LogP contribution < -0.4 is 13.7 Å². The number of nitrogens with zero attached hydrogens (tertiary/aromatic N) is 2. The Morgan fingerprint density at radius 3 is 2.51 bits per heavy atom. The second kappa shape index (κ2) is 11.9. The fourth-order valence-electron chi connectivity index (χ4n) is 3.43. The number of hydrogen-bond acceptors (Lipinski definition) is 10. The number of ether oxygens (including phenoxy) is 2. The van der Waals surface area contributed by atoms with Crippen LogP contribution >= 0.6 is 27.7 Å². The van der Waals surface area contributed by atoms with Gasteiger partial charge in [0.2, 0.25) is 0 Å². The average Bonchev–Trinajstić information content (AvgIpc) is 3.18. The number of nitro benzene ring substituents is 1. The van der Waals surface area contributed by atoms with E-state index < -0.39 is 36.8 Å². The van der Waals surface area contributed by atoms with Crippen molar-refractivity contribution in [2.45, 2.75) is 4.90 Å². The van der Waals surface area contributed by atoms with Gasteiger partial charge in [-0.2, -0.15) is 8.42 Å². The van der Waals surface area contributed by atoms with Gasteiger partial charge in [0.15, 0.2) is 11.5 Å². The number of methoxy groups -OCH3 is 1. The molecule has 0 spiro atoms. The van der Waals surface area contributed by atoms with Gasteiger partial charge in [-0.3, -0.25) is 24.6 Å². The molecule has 1 aliphatic heterocycles. The molecular formula is C25H19BrN2O9S2. The number of hydrogen-bond donors (Lipinski definition) is 0. The number of rotatable bonds is 10. The van der Waals surface area contributed by atoms with Crippen LogP contribution in [0.15, 0.2) is 81.0 Å². The molecule has 202 valence electrons. The quantitative estimate of drug-likeness (QED) is 0.126. The minimum Gasteiger partial charge on any atom is -0.493 e.